The Bertz CT molecular complexity index is 501. The maximum Gasteiger partial charge on any atom is 0.244 e. The van der Waals surface area contributed by atoms with Crippen molar-refractivity contribution in [3.05, 3.63) is 35.6 Å². The maximum atomic E-state index is 13.5. The second-order valence-electron chi connectivity index (χ2n) is 5.75. The van der Waals surface area contributed by atoms with Crippen LogP contribution < -0.4 is 5.32 Å². The number of amides is 2. The van der Waals surface area contributed by atoms with Gasteiger partial charge in [0.05, 0.1) is 6.42 Å². The molecule has 0 saturated carbocycles. The first-order valence-corrected chi connectivity index (χ1v) is 7.05. The first kappa shape index (κ1) is 17.1. The number of halogens is 1. The Labute approximate surface area is 125 Å². The summed E-state index contributed by atoms with van der Waals surface area (Å²) in [6, 6.07) is 5.58. The molecule has 2 amide bonds. The van der Waals surface area contributed by atoms with Crippen LogP contribution in [0.3, 0.4) is 0 Å². The molecule has 0 fully saturated rings. The van der Waals surface area contributed by atoms with Crippen LogP contribution in [0.15, 0.2) is 24.3 Å². The predicted octanol–water partition coefficient (Wildman–Crippen LogP) is 1.99. The molecule has 1 atom stereocenters. The van der Waals surface area contributed by atoms with Crippen LogP contribution in [0.1, 0.15) is 25.8 Å². The van der Waals surface area contributed by atoms with E-state index in [-0.39, 0.29) is 24.2 Å². The highest BCUT2D eigenvalue weighted by molar-refractivity contribution is 5.88. The average molecular weight is 294 g/mol. The lowest BCUT2D eigenvalue weighted by Gasteiger charge is -2.23. The lowest BCUT2D eigenvalue weighted by atomic mass is 10.0. The Morgan fingerprint density at radius 1 is 1.24 bits per heavy atom. The van der Waals surface area contributed by atoms with Gasteiger partial charge >= 0.3 is 0 Å². The molecule has 116 valence electrons. The minimum absolute atomic E-state index is 0.0675. The van der Waals surface area contributed by atoms with Crippen LogP contribution in [-0.2, 0) is 16.0 Å². The molecular formula is C16H23FN2O2. The molecule has 0 aliphatic rings. The third-order valence-electron chi connectivity index (χ3n) is 3.09. The Balaban J connectivity index is 2.72. The Kier molecular flexibility index (Phi) is 6.34. The van der Waals surface area contributed by atoms with Crippen molar-refractivity contribution in [3.63, 3.8) is 0 Å². The van der Waals surface area contributed by atoms with E-state index in [2.05, 4.69) is 5.32 Å². The van der Waals surface area contributed by atoms with Crippen LogP contribution in [0.25, 0.3) is 0 Å². The fourth-order valence-corrected chi connectivity index (χ4v) is 2.06. The topological polar surface area (TPSA) is 49.4 Å². The van der Waals surface area contributed by atoms with Crippen LogP contribution in [-0.4, -0.2) is 36.9 Å². The highest BCUT2D eigenvalue weighted by atomic mass is 19.1. The Morgan fingerprint density at radius 3 is 2.38 bits per heavy atom. The molecule has 21 heavy (non-hydrogen) atoms. The van der Waals surface area contributed by atoms with E-state index < -0.39 is 11.9 Å². The van der Waals surface area contributed by atoms with Gasteiger partial charge in [-0.25, -0.2) is 4.39 Å². The van der Waals surface area contributed by atoms with E-state index in [4.69, 9.17) is 0 Å². The number of hydrogen-bond acceptors (Lipinski definition) is 2. The number of carbonyl (C=O) groups is 2. The molecule has 1 aromatic carbocycles. The molecule has 1 aromatic rings. The van der Waals surface area contributed by atoms with Crippen molar-refractivity contribution < 1.29 is 14.0 Å². The molecular weight excluding hydrogens is 271 g/mol. The largest absolute Gasteiger partial charge is 0.347 e. The van der Waals surface area contributed by atoms with Gasteiger partial charge in [-0.2, -0.15) is 0 Å². The summed E-state index contributed by atoms with van der Waals surface area (Å²) in [7, 11) is 3.30. The first-order chi connectivity index (χ1) is 9.81. The molecule has 0 bridgehead atoms. The SMILES string of the molecule is CC(C)CC(NC(=O)Cc1ccccc1F)C(=O)N(C)C. The first-order valence-electron chi connectivity index (χ1n) is 7.05. The van der Waals surface area contributed by atoms with Crippen LogP contribution in [0.2, 0.25) is 0 Å². The van der Waals surface area contributed by atoms with Gasteiger partial charge in [0.15, 0.2) is 0 Å². The molecule has 5 heteroatoms. The fourth-order valence-electron chi connectivity index (χ4n) is 2.06. The highest BCUT2D eigenvalue weighted by Crippen LogP contribution is 2.10. The summed E-state index contributed by atoms with van der Waals surface area (Å²) in [4.78, 5) is 25.6. The molecule has 0 aromatic heterocycles. The van der Waals surface area contributed by atoms with Crippen molar-refractivity contribution in [1.29, 1.82) is 0 Å². The van der Waals surface area contributed by atoms with E-state index in [9.17, 15) is 14.0 Å². The third-order valence-corrected chi connectivity index (χ3v) is 3.09. The minimum atomic E-state index is -0.570. The smallest absolute Gasteiger partial charge is 0.244 e. The van der Waals surface area contributed by atoms with Crippen LogP contribution >= 0.6 is 0 Å². The zero-order valence-corrected chi connectivity index (χ0v) is 13.0. The quantitative estimate of drug-likeness (QED) is 0.872. The van der Waals surface area contributed by atoms with E-state index in [1.54, 1.807) is 32.3 Å². The molecule has 0 spiro atoms. The monoisotopic (exact) mass is 294 g/mol. The number of nitrogens with zero attached hydrogens (tertiary/aromatic N) is 1. The minimum Gasteiger partial charge on any atom is -0.347 e. The molecule has 1 unspecified atom stereocenters. The van der Waals surface area contributed by atoms with Crippen LogP contribution in [0.5, 0.6) is 0 Å². The summed E-state index contributed by atoms with van der Waals surface area (Å²) in [6.07, 6.45) is 0.488. The van der Waals surface area contributed by atoms with Crippen molar-refractivity contribution in [1.82, 2.24) is 10.2 Å². The predicted molar refractivity (Wildman–Crippen MR) is 80.2 cm³/mol. The van der Waals surface area contributed by atoms with E-state index in [1.165, 1.54) is 11.0 Å². The Hall–Kier alpha value is -1.91. The number of benzene rings is 1. The lowest BCUT2D eigenvalue weighted by Crippen LogP contribution is -2.47. The summed E-state index contributed by atoms with van der Waals surface area (Å²) >= 11 is 0. The highest BCUT2D eigenvalue weighted by Gasteiger charge is 2.23. The van der Waals surface area contributed by atoms with E-state index in [0.717, 1.165) is 0 Å². The fraction of sp³-hybridized carbons (Fsp3) is 0.500. The molecule has 4 nitrogen and oxygen atoms in total. The molecule has 1 N–H and O–H groups in total. The number of carbonyl (C=O) groups excluding carboxylic acids is 2. The normalized spacial score (nSPS) is 12.1. The summed E-state index contributed by atoms with van der Waals surface area (Å²) in [5.41, 5.74) is 0.329. The summed E-state index contributed by atoms with van der Waals surface area (Å²) in [5.74, 6) is -0.633. The maximum absolute atomic E-state index is 13.5. The van der Waals surface area contributed by atoms with Gasteiger partial charge in [0, 0.05) is 14.1 Å². The molecule has 0 aliphatic heterocycles. The molecule has 0 heterocycles. The molecule has 0 radical (unpaired) electrons. The van der Waals surface area contributed by atoms with Crippen molar-refractivity contribution >= 4 is 11.8 Å². The summed E-state index contributed by atoms with van der Waals surface area (Å²) in [5, 5.41) is 2.71. The van der Waals surface area contributed by atoms with Crippen molar-refractivity contribution in [2.24, 2.45) is 5.92 Å². The zero-order chi connectivity index (χ0) is 16.0. The summed E-state index contributed by atoms with van der Waals surface area (Å²) < 4.78 is 13.5. The number of nitrogens with one attached hydrogen (secondary N) is 1. The molecule has 0 aliphatic carbocycles. The van der Waals surface area contributed by atoms with Gasteiger partial charge < -0.3 is 10.2 Å². The third kappa shape index (κ3) is 5.53. The van der Waals surface area contributed by atoms with Gasteiger partial charge in [0.1, 0.15) is 11.9 Å². The molecule has 1 rings (SSSR count). The summed E-state index contributed by atoms with van der Waals surface area (Å²) in [6.45, 7) is 3.97. The van der Waals surface area contributed by atoms with E-state index >= 15 is 0 Å². The van der Waals surface area contributed by atoms with Gasteiger partial charge in [0.25, 0.3) is 0 Å². The van der Waals surface area contributed by atoms with Gasteiger partial charge in [-0.05, 0) is 24.0 Å². The van der Waals surface area contributed by atoms with E-state index in [1.807, 2.05) is 13.8 Å². The van der Waals surface area contributed by atoms with Crippen LogP contribution in [0, 0.1) is 11.7 Å². The second-order valence-corrected chi connectivity index (χ2v) is 5.75. The number of likely N-dealkylation sites (N-methyl/N-ethyl adjacent to an activating group) is 1. The van der Waals surface area contributed by atoms with Crippen molar-refractivity contribution in [3.8, 4) is 0 Å². The number of rotatable bonds is 6. The zero-order valence-electron chi connectivity index (χ0n) is 13.0. The second kappa shape index (κ2) is 7.76. The van der Waals surface area contributed by atoms with Gasteiger partial charge in [-0.15, -0.1) is 0 Å². The number of hydrogen-bond donors (Lipinski definition) is 1. The molecule has 0 saturated heterocycles. The van der Waals surface area contributed by atoms with Gasteiger partial charge in [-0.1, -0.05) is 32.0 Å². The lowest BCUT2D eigenvalue weighted by molar-refractivity contribution is -0.134. The Morgan fingerprint density at radius 2 is 1.86 bits per heavy atom. The average Bonchev–Trinajstić information content (AvgIpc) is 2.39. The van der Waals surface area contributed by atoms with Gasteiger partial charge in [-0.3, -0.25) is 9.59 Å². The van der Waals surface area contributed by atoms with Crippen molar-refractivity contribution in [2.75, 3.05) is 14.1 Å². The van der Waals surface area contributed by atoms with E-state index in [0.29, 0.717) is 12.0 Å². The van der Waals surface area contributed by atoms with Crippen LogP contribution in [0.4, 0.5) is 4.39 Å². The van der Waals surface area contributed by atoms with Gasteiger partial charge in [0.2, 0.25) is 11.8 Å². The van der Waals surface area contributed by atoms with Crippen molar-refractivity contribution in [2.45, 2.75) is 32.7 Å². The standard InChI is InChI=1S/C16H23FN2O2/c1-11(2)9-14(16(21)19(3)4)18-15(20)10-12-7-5-6-8-13(12)17/h5-8,11,14H,9-10H2,1-4H3,(H,18,20).